The van der Waals surface area contributed by atoms with Gasteiger partial charge in [0.05, 0.1) is 0 Å². The van der Waals surface area contributed by atoms with E-state index in [1.807, 2.05) is 11.3 Å². The van der Waals surface area contributed by atoms with Crippen molar-refractivity contribution in [2.24, 2.45) is 5.92 Å². The Kier molecular flexibility index (Phi) is 3.78. The van der Waals surface area contributed by atoms with Crippen LogP contribution in [-0.4, -0.2) is 31.6 Å². The Labute approximate surface area is 96.3 Å². The van der Waals surface area contributed by atoms with Crippen molar-refractivity contribution >= 4 is 11.3 Å². The maximum absolute atomic E-state index is 3.32. The van der Waals surface area contributed by atoms with Crippen molar-refractivity contribution in [3.63, 3.8) is 0 Å². The van der Waals surface area contributed by atoms with E-state index in [1.165, 1.54) is 25.1 Å². The predicted octanol–water partition coefficient (Wildman–Crippen LogP) is 2.35. The zero-order valence-electron chi connectivity index (χ0n) is 9.57. The van der Waals surface area contributed by atoms with Crippen molar-refractivity contribution in [3.05, 3.63) is 22.4 Å². The lowest BCUT2D eigenvalue weighted by Gasteiger charge is -2.26. The minimum atomic E-state index is 0.647. The van der Waals surface area contributed by atoms with Crippen LogP contribution in [0.1, 0.15) is 24.9 Å². The summed E-state index contributed by atoms with van der Waals surface area (Å²) >= 11 is 1.81. The molecule has 84 valence electrons. The van der Waals surface area contributed by atoms with Crippen molar-refractivity contribution < 1.29 is 0 Å². The molecule has 3 heteroatoms. The highest BCUT2D eigenvalue weighted by Gasteiger charge is 2.33. The Morgan fingerprint density at radius 3 is 3.07 bits per heavy atom. The summed E-state index contributed by atoms with van der Waals surface area (Å²) < 4.78 is 0. The van der Waals surface area contributed by atoms with Crippen LogP contribution in [0.5, 0.6) is 0 Å². The van der Waals surface area contributed by atoms with E-state index in [9.17, 15) is 0 Å². The van der Waals surface area contributed by atoms with E-state index in [4.69, 9.17) is 0 Å². The number of nitrogens with zero attached hydrogens (tertiary/aromatic N) is 1. The Hall–Kier alpha value is -0.380. The van der Waals surface area contributed by atoms with Gasteiger partial charge in [-0.05, 0) is 61.4 Å². The van der Waals surface area contributed by atoms with Crippen LogP contribution in [0.2, 0.25) is 0 Å². The van der Waals surface area contributed by atoms with Gasteiger partial charge in [-0.2, -0.15) is 11.3 Å². The third-order valence-electron chi connectivity index (χ3n) is 3.38. The first-order valence-electron chi connectivity index (χ1n) is 5.77. The average Bonchev–Trinajstić information content (AvgIpc) is 2.85. The summed E-state index contributed by atoms with van der Waals surface area (Å²) in [5.74, 6) is 0.782. The van der Waals surface area contributed by atoms with E-state index in [1.54, 1.807) is 0 Å². The Bertz CT molecular complexity index is 284. The van der Waals surface area contributed by atoms with E-state index in [0.717, 1.165) is 12.5 Å². The van der Waals surface area contributed by atoms with E-state index >= 15 is 0 Å². The van der Waals surface area contributed by atoms with E-state index in [2.05, 4.69) is 41.0 Å². The Morgan fingerprint density at radius 2 is 2.47 bits per heavy atom. The third-order valence-corrected chi connectivity index (χ3v) is 4.09. The lowest BCUT2D eigenvalue weighted by Crippen LogP contribution is -2.28. The topological polar surface area (TPSA) is 15.3 Å². The molecule has 15 heavy (non-hydrogen) atoms. The Balaban J connectivity index is 2.15. The van der Waals surface area contributed by atoms with E-state index < -0.39 is 0 Å². The van der Waals surface area contributed by atoms with Gasteiger partial charge in [0.2, 0.25) is 0 Å². The lowest BCUT2D eigenvalue weighted by atomic mass is 9.95. The SMILES string of the molecule is CCN1CCC(CNC)C1c1ccsc1. The molecule has 0 radical (unpaired) electrons. The molecule has 1 aliphatic rings. The molecule has 1 aromatic rings. The number of thiophene rings is 1. The fourth-order valence-corrected chi connectivity index (χ4v) is 3.37. The molecule has 1 aromatic heterocycles. The number of hydrogen-bond acceptors (Lipinski definition) is 3. The van der Waals surface area contributed by atoms with Gasteiger partial charge in [0.15, 0.2) is 0 Å². The molecule has 1 N–H and O–H groups in total. The second kappa shape index (κ2) is 5.10. The van der Waals surface area contributed by atoms with Crippen molar-refractivity contribution in [1.82, 2.24) is 10.2 Å². The highest BCUT2D eigenvalue weighted by Crippen LogP contribution is 2.37. The molecular formula is C12H20N2S. The second-order valence-corrected chi connectivity index (χ2v) is 5.02. The van der Waals surface area contributed by atoms with Gasteiger partial charge < -0.3 is 5.32 Å². The van der Waals surface area contributed by atoms with E-state index in [0.29, 0.717) is 6.04 Å². The molecule has 2 nitrogen and oxygen atoms in total. The maximum Gasteiger partial charge on any atom is 0.0396 e. The molecule has 1 fully saturated rings. The lowest BCUT2D eigenvalue weighted by molar-refractivity contribution is 0.239. The van der Waals surface area contributed by atoms with Crippen LogP contribution in [0.4, 0.5) is 0 Å². The van der Waals surface area contributed by atoms with Crippen molar-refractivity contribution in [2.75, 3.05) is 26.7 Å². The summed E-state index contributed by atoms with van der Waals surface area (Å²) in [5, 5.41) is 7.82. The largest absolute Gasteiger partial charge is 0.319 e. The highest BCUT2D eigenvalue weighted by molar-refractivity contribution is 7.07. The number of hydrogen-bond donors (Lipinski definition) is 1. The second-order valence-electron chi connectivity index (χ2n) is 4.24. The molecule has 0 aliphatic carbocycles. The van der Waals surface area contributed by atoms with Crippen molar-refractivity contribution in [1.29, 1.82) is 0 Å². The number of nitrogens with one attached hydrogen (secondary N) is 1. The van der Waals surface area contributed by atoms with Gasteiger partial charge in [0, 0.05) is 6.04 Å². The molecule has 1 saturated heterocycles. The van der Waals surface area contributed by atoms with Crippen LogP contribution in [0, 0.1) is 5.92 Å². The van der Waals surface area contributed by atoms with Gasteiger partial charge >= 0.3 is 0 Å². The van der Waals surface area contributed by atoms with Crippen LogP contribution in [0.25, 0.3) is 0 Å². The standard InChI is InChI=1S/C12H20N2S/c1-3-14-6-4-10(8-13-2)12(14)11-5-7-15-9-11/h5,7,9-10,12-13H,3-4,6,8H2,1-2H3. The zero-order valence-corrected chi connectivity index (χ0v) is 10.4. The first-order chi connectivity index (χ1) is 7.36. The quantitative estimate of drug-likeness (QED) is 0.844. The molecule has 0 spiro atoms. The third kappa shape index (κ3) is 2.25. The smallest absolute Gasteiger partial charge is 0.0396 e. The minimum absolute atomic E-state index is 0.647. The van der Waals surface area contributed by atoms with Crippen LogP contribution in [0.3, 0.4) is 0 Å². The molecule has 1 aliphatic heterocycles. The highest BCUT2D eigenvalue weighted by atomic mass is 32.1. The molecule has 0 aromatic carbocycles. The molecule has 2 rings (SSSR count). The fraction of sp³-hybridized carbons (Fsp3) is 0.667. The molecule has 0 saturated carbocycles. The summed E-state index contributed by atoms with van der Waals surface area (Å²) in [6.45, 7) is 5.82. The number of rotatable bonds is 4. The first-order valence-corrected chi connectivity index (χ1v) is 6.71. The van der Waals surface area contributed by atoms with E-state index in [-0.39, 0.29) is 0 Å². The fourth-order valence-electron chi connectivity index (χ4n) is 2.68. The molecule has 0 amide bonds. The predicted molar refractivity (Wildman–Crippen MR) is 66.3 cm³/mol. The van der Waals surface area contributed by atoms with Gasteiger partial charge in [-0.3, -0.25) is 4.90 Å². The first kappa shape index (κ1) is 11.1. The number of likely N-dealkylation sites (tertiary alicyclic amines) is 1. The van der Waals surface area contributed by atoms with Crippen LogP contribution in [-0.2, 0) is 0 Å². The van der Waals surface area contributed by atoms with Gasteiger partial charge in [0.25, 0.3) is 0 Å². The zero-order chi connectivity index (χ0) is 10.7. The van der Waals surface area contributed by atoms with Crippen molar-refractivity contribution in [3.8, 4) is 0 Å². The van der Waals surface area contributed by atoms with Gasteiger partial charge in [-0.15, -0.1) is 0 Å². The van der Waals surface area contributed by atoms with Crippen LogP contribution < -0.4 is 5.32 Å². The van der Waals surface area contributed by atoms with Crippen LogP contribution in [0.15, 0.2) is 16.8 Å². The maximum atomic E-state index is 3.32. The van der Waals surface area contributed by atoms with Gasteiger partial charge in [0.1, 0.15) is 0 Å². The van der Waals surface area contributed by atoms with Crippen molar-refractivity contribution in [2.45, 2.75) is 19.4 Å². The Morgan fingerprint density at radius 1 is 1.60 bits per heavy atom. The normalized spacial score (nSPS) is 27.3. The molecule has 2 unspecified atom stereocenters. The summed E-state index contributed by atoms with van der Waals surface area (Å²) in [6, 6.07) is 2.93. The summed E-state index contributed by atoms with van der Waals surface area (Å²) in [5.41, 5.74) is 1.51. The van der Waals surface area contributed by atoms with Gasteiger partial charge in [-0.25, -0.2) is 0 Å². The summed E-state index contributed by atoms with van der Waals surface area (Å²) in [6.07, 6.45) is 1.33. The average molecular weight is 224 g/mol. The minimum Gasteiger partial charge on any atom is -0.319 e. The molecular weight excluding hydrogens is 204 g/mol. The molecule has 0 bridgehead atoms. The monoisotopic (exact) mass is 224 g/mol. The van der Waals surface area contributed by atoms with Crippen LogP contribution >= 0.6 is 11.3 Å². The molecule has 2 atom stereocenters. The van der Waals surface area contributed by atoms with Gasteiger partial charge in [-0.1, -0.05) is 6.92 Å². The summed E-state index contributed by atoms with van der Waals surface area (Å²) in [7, 11) is 2.05. The summed E-state index contributed by atoms with van der Waals surface area (Å²) in [4.78, 5) is 2.60. The molecule has 2 heterocycles.